The first kappa shape index (κ1) is 14.6. The van der Waals surface area contributed by atoms with Crippen LogP contribution in [0.4, 0.5) is 4.39 Å². The standard InChI is InChI=1S/C12H13BrClFO2/c1-12(2,17-3)6-9(16)7-4-5-8(13)10(14)11(7)15/h4-5H,6H2,1-3H3. The van der Waals surface area contributed by atoms with Crippen LogP contribution in [0.25, 0.3) is 0 Å². The fourth-order valence-electron chi connectivity index (χ4n) is 1.30. The molecule has 0 aliphatic carbocycles. The maximum absolute atomic E-state index is 13.8. The molecule has 0 amide bonds. The molecule has 0 N–H and O–H groups in total. The summed E-state index contributed by atoms with van der Waals surface area (Å²) in [6.45, 7) is 3.53. The van der Waals surface area contributed by atoms with Gasteiger partial charge in [0, 0.05) is 18.0 Å². The van der Waals surface area contributed by atoms with Crippen molar-refractivity contribution in [1.29, 1.82) is 0 Å². The third kappa shape index (κ3) is 3.50. The molecule has 0 heterocycles. The summed E-state index contributed by atoms with van der Waals surface area (Å²) in [6, 6.07) is 2.97. The van der Waals surface area contributed by atoms with Gasteiger partial charge in [-0.1, -0.05) is 11.6 Å². The minimum Gasteiger partial charge on any atom is -0.378 e. The van der Waals surface area contributed by atoms with Gasteiger partial charge in [-0.25, -0.2) is 4.39 Å². The molecule has 0 aliphatic heterocycles. The van der Waals surface area contributed by atoms with Crippen LogP contribution in [0.15, 0.2) is 16.6 Å². The number of hydrogen-bond donors (Lipinski definition) is 0. The molecule has 1 aromatic rings. The minimum absolute atomic E-state index is 0.0108. The Balaban J connectivity index is 3.02. The summed E-state index contributed by atoms with van der Waals surface area (Å²) < 4.78 is 19.3. The Bertz CT molecular complexity index is 446. The molecule has 0 aliphatic rings. The van der Waals surface area contributed by atoms with Crippen molar-refractivity contribution in [2.75, 3.05) is 7.11 Å². The van der Waals surface area contributed by atoms with Gasteiger partial charge in [0.25, 0.3) is 0 Å². The second-order valence-electron chi connectivity index (χ2n) is 4.29. The first-order valence-electron chi connectivity index (χ1n) is 5.00. The highest BCUT2D eigenvalue weighted by Crippen LogP contribution is 2.29. The third-order valence-corrected chi connectivity index (χ3v) is 3.73. The molecule has 0 bridgehead atoms. The van der Waals surface area contributed by atoms with E-state index in [0.29, 0.717) is 4.47 Å². The highest BCUT2D eigenvalue weighted by molar-refractivity contribution is 9.10. The van der Waals surface area contributed by atoms with Crippen LogP contribution in [0, 0.1) is 5.82 Å². The van der Waals surface area contributed by atoms with Crippen LogP contribution < -0.4 is 0 Å². The Morgan fingerprint density at radius 1 is 1.53 bits per heavy atom. The van der Waals surface area contributed by atoms with Crippen LogP contribution >= 0.6 is 27.5 Å². The lowest BCUT2D eigenvalue weighted by Gasteiger charge is -2.21. The Morgan fingerprint density at radius 3 is 2.65 bits per heavy atom. The molecule has 0 atom stereocenters. The lowest BCUT2D eigenvalue weighted by Crippen LogP contribution is -2.26. The van der Waals surface area contributed by atoms with Gasteiger partial charge in [0.2, 0.25) is 0 Å². The summed E-state index contributed by atoms with van der Waals surface area (Å²) in [5.41, 5.74) is -0.633. The molecule has 94 valence electrons. The SMILES string of the molecule is COC(C)(C)CC(=O)c1ccc(Br)c(Cl)c1F. The van der Waals surface area contributed by atoms with Crippen molar-refractivity contribution in [3.05, 3.63) is 33.0 Å². The van der Waals surface area contributed by atoms with E-state index in [1.165, 1.54) is 13.2 Å². The Morgan fingerprint density at radius 2 is 2.12 bits per heavy atom. The number of ketones is 1. The molecule has 0 spiro atoms. The van der Waals surface area contributed by atoms with Crippen molar-refractivity contribution in [3.8, 4) is 0 Å². The third-order valence-electron chi connectivity index (χ3n) is 2.47. The van der Waals surface area contributed by atoms with E-state index < -0.39 is 11.4 Å². The van der Waals surface area contributed by atoms with Crippen LogP contribution in [-0.2, 0) is 4.74 Å². The van der Waals surface area contributed by atoms with Crippen LogP contribution in [-0.4, -0.2) is 18.5 Å². The first-order chi connectivity index (χ1) is 7.78. The van der Waals surface area contributed by atoms with Gasteiger partial charge < -0.3 is 4.74 Å². The maximum Gasteiger partial charge on any atom is 0.168 e. The average Bonchev–Trinajstić information content (AvgIpc) is 2.25. The largest absolute Gasteiger partial charge is 0.378 e. The highest BCUT2D eigenvalue weighted by atomic mass is 79.9. The van der Waals surface area contributed by atoms with E-state index in [-0.39, 0.29) is 22.8 Å². The van der Waals surface area contributed by atoms with Crippen LogP contribution in [0.1, 0.15) is 30.6 Å². The second kappa shape index (κ2) is 5.46. The van der Waals surface area contributed by atoms with Gasteiger partial charge in [0.15, 0.2) is 11.6 Å². The van der Waals surface area contributed by atoms with Crippen LogP contribution in [0.2, 0.25) is 5.02 Å². The van der Waals surface area contributed by atoms with Crippen molar-refractivity contribution in [1.82, 2.24) is 0 Å². The molecule has 2 nitrogen and oxygen atoms in total. The van der Waals surface area contributed by atoms with Crippen molar-refractivity contribution in [3.63, 3.8) is 0 Å². The van der Waals surface area contributed by atoms with E-state index in [2.05, 4.69) is 15.9 Å². The zero-order chi connectivity index (χ0) is 13.2. The molecule has 0 aromatic heterocycles. The van der Waals surface area contributed by atoms with Gasteiger partial charge in [-0.2, -0.15) is 0 Å². The van der Waals surface area contributed by atoms with Gasteiger partial charge >= 0.3 is 0 Å². The number of carbonyl (C=O) groups excluding carboxylic acids is 1. The second-order valence-corrected chi connectivity index (χ2v) is 5.52. The molecule has 0 radical (unpaired) electrons. The summed E-state index contributed by atoms with van der Waals surface area (Å²) >= 11 is 8.82. The maximum atomic E-state index is 13.8. The topological polar surface area (TPSA) is 26.3 Å². The van der Waals surface area contributed by atoms with E-state index in [9.17, 15) is 9.18 Å². The first-order valence-corrected chi connectivity index (χ1v) is 6.17. The predicted molar refractivity (Wildman–Crippen MR) is 69.1 cm³/mol. The lowest BCUT2D eigenvalue weighted by molar-refractivity contribution is 0.0171. The summed E-state index contributed by atoms with van der Waals surface area (Å²) in [5.74, 6) is -1.03. The molecule has 0 unspecified atom stereocenters. The fraction of sp³-hybridized carbons (Fsp3) is 0.417. The highest BCUT2D eigenvalue weighted by Gasteiger charge is 2.24. The molecule has 1 rings (SSSR count). The molecule has 0 saturated heterocycles. The minimum atomic E-state index is -0.696. The smallest absolute Gasteiger partial charge is 0.168 e. The number of hydrogen-bond acceptors (Lipinski definition) is 2. The normalized spacial score (nSPS) is 11.6. The van der Waals surface area contributed by atoms with Crippen LogP contribution in [0.3, 0.4) is 0 Å². The summed E-state index contributed by atoms with van der Waals surface area (Å²) in [6.07, 6.45) is 0.0956. The summed E-state index contributed by atoms with van der Waals surface area (Å²) in [4.78, 5) is 11.9. The van der Waals surface area contributed by atoms with E-state index in [4.69, 9.17) is 16.3 Å². The van der Waals surface area contributed by atoms with Crippen molar-refractivity contribution in [2.45, 2.75) is 25.9 Å². The number of methoxy groups -OCH3 is 1. The number of Topliss-reactive ketones (excluding diaryl/α,β-unsaturated/α-hetero) is 1. The number of carbonyl (C=O) groups is 1. The van der Waals surface area contributed by atoms with Crippen molar-refractivity contribution in [2.24, 2.45) is 0 Å². The predicted octanol–water partition coefficient (Wildman–Crippen LogP) is 4.24. The van der Waals surface area contributed by atoms with Gasteiger partial charge in [0.05, 0.1) is 16.2 Å². The van der Waals surface area contributed by atoms with Gasteiger partial charge in [-0.15, -0.1) is 0 Å². The van der Waals surface area contributed by atoms with Crippen molar-refractivity contribution < 1.29 is 13.9 Å². The van der Waals surface area contributed by atoms with Gasteiger partial charge in [0.1, 0.15) is 0 Å². The van der Waals surface area contributed by atoms with Gasteiger partial charge in [-0.05, 0) is 41.9 Å². The van der Waals surface area contributed by atoms with E-state index >= 15 is 0 Å². The zero-order valence-electron chi connectivity index (χ0n) is 9.81. The molecular formula is C12H13BrClFO2. The monoisotopic (exact) mass is 322 g/mol. The molecule has 0 saturated carbocycles. The quantitative estimate of drug-likeness (QED) is 0.612. The molecule has 1 aromatic carbocycles. The molecular weight excluding hydrogens is 310 g/mol. The molecule has 0 fully saturated rings. The molecule has 17 heavy (non-hydrogen) atoms. The van der Waals surface area contributed by atoms with E-state index in [1.54, 1.807) is 19.9 Å². The zero-order valence-corrected chi connectivity index (χ0v) is 12.2. The summed E-state index contributed by atoms with van der Waals surface area (Å²) in [7, 11) is 1.51. The average molecular weight is 324 g/mol. The number of ether oxygens (including phenoxy) is 1. The number of benzene rings is 1. The molecule has 5 heteroatoms. The van der Waals surface area contributed by atoms with Gasteiger partial charge in [-0.3, -0.25) is 4.79 Å². The van der Waals surface area contributed by atoms with E-state index in [1.807, 2.05) is 0 Å². The Labute approximate surface area is 113 Å². The van der Waals surface area contributed by atoms with Crippen molar-refractivity contribution >= 4 is 33.3 Å². The lowest BCUT2D eigenvalue weighted by atomic mass is 9.97. The Kier molecular flexibility index (Phi) is 4.69. The summed E-state index contributed by atoms with van der Waals surface area (Å²) in [5, 5.41) is -0.0777. The number of rotatable bonds is 4. The van der Waals surface area contributed by atoms with Crippen LogP contribution in [0.5, 0.6) is 0 Å². The Hall–Kier alpha value is -0.450. The number of halogens is 3. The van der Waals surface area contributed by atoms with E-state index in [0.717, 1.165) is 0 Å². The fourth-order valence-corrected chi connectivity index (χ4v) is 1.77.